The van der Waals surface area contributed by atoms with Crippen molar-refractivity contribution in [3.05, 3.63) is 99.7 Å². The van der Waals surface area contributed by atoms with Gasteiger partial charge in [-0.15, -0.1) is 0 Å². The number of nitrogens with one attached hydrogen (secondary N) is 2. The van der Waals surface area contributed by atoms with Gasteiger partial charge in [0.2, 0.25) is 5.91 Å². The van der Waals surface area contributed by atoms with E-state index in [1.165, 1.54) is 31.4 Å². The van der Waals surface area contributed by atoms with Crippen LogP contribution in [0.25, 0.3) is 6.08 Å². The van der Waals surface area contributed by atoms with Gasteiger partial charge in [0, 0.05) is 6.07 Å². The number of ether oxygens (including phenoxy) is 2. The SMILES string of the molecule is COc1ccccc1NC(=O)CN1C(=O)N/C(=C/c2ccc(OCc3ccccc3)c([N+](=O)[O-])c2)C1=O. The van der Waals surface area contributed by atoms with Crippen molar-refractivity contribution in [1.82, 2.24) is 10.2 Å². The number of carbonyl (C=O) groups is 3. The third kappa shape index (κ3) is 5.90. The van der Waals surface area contributed by atoms with Gasteiger partial charge >= 0.3 is 11.7 Å². The van der Waals surface area contributed by atoms with E-state index < -0.39 is 29.3 Å². The van der Waals surface area contributed by atoms with E-state index in [2.05, 4.69) is 10.6 Å². The Morgan fingerprint density at radius 3 is 2.51 bits per heavy atom. The molecule has 0 atom stereocenters. The Balaban J connectivity index is 1.46. The first kappa shape index (κ1) is 24.9. The van der Waals surface area contributed by atoms with E-state index in [0.717, 1.165) is 10.5 Å². The quantitative estimate of drug-likeness (QED) is 0.197. The van der Waals surface area contributed by atoms with Crippen molar-refractivity contribution in [1.29, 1.82) is 0 Å². The number of carbonyl (C=O) groups excluding carboxylic acids is 3. The highest BCUT2D eigenvalue weighted by atomic mass is 16.6. The molecule has 1 fully saturated rings. The number of methoxy groups -OCH3 is 1. The lowest BCUT2D eigenvalue weighted by molar-refractivity contribution is -0.386. The number of rotatable bonds is 9. The number of amides is 4. The monoisotopic (exact) mass is 502 g/mol. The average molecular weight is 502 g/mol. The first-order valence-electron chi connectivity index (χ1n) is 11.1. The van der Waals surface area contributed by atoms with Gasteiger partial charge in [-0.3, -0.25) is 19.7 Å². The van der Waals surface area contributed by atoms with Crippen molar-refractivity contribution in [3.8, 4) is 11.5 Å². The molecule has 1 heterocycles. The molecule has 4 rings (SSSR count). The number of nitro benzene ring substituents is 1. The van der Waals surface area contributed by atoms with Gasteiger partial charge in [-0.2, -0.15) is 0 Å². The van der Waals surface area contributed by atoms with E-state index in [4.69, 9.17) is 9.47 Å². The number of hydrogen-bond acceptors (Lipinski definition) is 7. The first-order chi connectivity index (χ1) is 17.9. The van der Waals surface area contributed by atoms with Gasteiger partial charge in [0.1, 0.15) is 24.6 Å². The number of nitrogens with zero attached hydrogens (tertiary/aromatic N) is 2. The lowest BCUT2D eigenvalue weighted by Crippen LogP contribution is -2.38. The zero-order chi connectivity index (χ0) is 26.4. The van der Waals surface area contributed by atoms with Crippen molar-refractivity contribution in [2.75, 3.05) is 19.0 Å². The number of benzene rings is 3. The molecule has 1 aliphatic rings. The maximum atomic E-state index is 12.8. The number of imide groups is 1. The molecule has 11 heteroatoms. The summed E-state index contributed by atoms with van der Waals surface area (Å²) in [7, 11) is 1.45. The van der Waals surface area contributed by atoms with Gasteiger partial charge in [0.15, 0.2) is 5.75 Å². The van der Waals surface area contributed by atoms with Crippen molar-refractivity contribution >= 4 is 35.3 Å². The standard InChI is InChI=1S/C26H22N4O7/c1-36-22-10-6-5-9-19(22)27-24(31)15-29-25(32)20(28-26(29)33)13-18-11-12-23(21(14-18)30(34)35)37-16-17-7-3-2-4-8-17/h2-14H,15-16H2,1H3,(H,27,31)(H,28,33)/b20-13+. The highest BCUT2D eigenvalue weighted by Gasteiger charge is 2.35. The summed E-state index contributed by atoms with van der Waals surface area (Å²) in [6.45, 7) is -0.394. The van der Waals surface area contributed by atoms with Crippen LogP contribution in [-0.4, -0.2) is 41.3 Å². The zero-order valence-corrected chi connectivity index (χ0v) is 19.7. The van der Waals surface area contributed by atoms with Crippen LogP contribution < -0.4 is 20.1 Å². The maximum Gasteiger partial charge on any atom is 0.329 e. The smallest absolute Gasteiger partial charge is 0.329 e. The lowest BCUT2D eigenvalue weighted by atomic mass is 10.1. The zero-order valence-electron chi connectivity index (χ0n) is 19.7. The van der Waals surface area contributed by atoms with Crippen molar-refractivity contribution < 1.29 is 28.8 Å². The molecule has 3 aromatic carbocycles. The van der Waals surface area contributed by atoms with E-state index in [9.17, 15) is 24.5 Å². The Morgan fingerprint density at radius 1 is 1.05 bits per heavy atom. The molecule has 0 saturated carbocycles. The van der Waals surface area contributed by atoms with Crippen LogP contribution in [0.15, 0.2) is 78.5 Å². The summed E-state index contributed by atoms with van der Waals surface area (Å²) in [4.78, 5) is 49.4. The van der Waals surface area contributed by atoms with E-state index >= 15 is 0 Å². The molecule has 0 aromatic heterocycles. The predicted octanol–water partition coefficient (Wildman–Crippen LogP) is 3.71. The normalized spacial score (nSPS) is 13.9. The molecule has 3 aromatic rings. The number of urea groups is 1. The fourth-order valence-electron chi connectivity index (χ4n) is 3.59. The second-order valence-corrected chi connectivity index (χ2v) is 7.89. The topological polar surface area (TPSA) is 140 Å². The second kappa shape index (κ2) is 11.0. The predicted molar refractivity (Wildman–Crippen MR) is 134 cm³/mol. The Kier molecular flexibility index (Phi) is 7.43. The van der Waals surface area contributed by atoms with E-state index in [0.29, 0.717) is 17.0 Å². The first-order valence-corrected chi connectivity index (χ1v) is 11.1. The van der Waals surface area contributed by atoms with Crippen LogP contribution in [0.3, 0.4) is 0 Å². The van der Waals surface area contributed by atoms with Crippen LogP contribution >= 0.6 is 0 Å². The minimum Gasteiger partial charge on any atom is -0.495 e. The van der Waals surface area contributed by atoms with Gasteiger partial charge in [-0.25, -0.2) is 9.69 Å². The number of nitro groups is 1. The second-order valence-electron chi connectivity index (χ2n) is 7.89. The molecular weight excluding hydrogens is 480 g/mol. The van der Waals surface area contributed by atoms with Crippen LogP contribution in [-0.2, 0) is 16.2 Å². The van der Waals surface area contributed by atoms with Gasteiger partial charge in [0.25, 0.3) is 5.91 Å². The van der Waals surface area contributed by atoms with Crippen molar-refractivity contribution in [3.63, 3.8) is 0 Å². The van der Waals surface area contributed by atoms with Gasteiger partial charge < -0.3 is 20.1 Å². The molecule has 2 N–H and O–H groups in total. The molecule has 0 aliphatic carbocycles. The molecule has 1 aliphatic heterocycles. The summed E-state index contributed by atoms with van der Waals surface area (Å²) in [5, 5.41) is 16.6. The fourth-order valence-corrected chi connectivity index (χ4v) is 3.59. The van der Waals surface area contributed by atoms with Crippen molar-refractivity contribution in [2.45, 2.75) is 6.61 Å². The highest BCUT2D eigenvalue weighted by Crippen LogP contribution is 2.30. The van der Waals surface area contributed by atoms with Gasteiger partial charge in [0.05, 0.1) is 17.7 Å². The summed E-state index contributed by atoms with van der Waals surface area (Å²) >= 11 is 0. The van der Waals surface area contributed by atoms with Crippen LogP contribution in [0.5, 0.6) is 11.5 Å². The molecule has 1 saturated heterocycles. The number of para-hydroxylation sites is 2. The molecule has 0 bridgehead atoms. The summed E-state index contributed by atoms with van der Waals surface area (Å²) < 4.78 is 10.8. The maximum absolute atomic E-state index is 12.8. The third-order valence-electron chi connectivity index (χ3n) is 5.37. The molecule has 188 valence electrons. The third-order valence-corrected chi connectivity index (χ3v) is 5.37. The highest BCUT2D eigenvalue weighted by molar-refractivity contribution is 6.16. The van der Waals surface area contributed by atoms with Gasteiger partial charge in [-0.1, -0.05) is 48.5 Å². The molecule has 37 heavy (non-hydrogen) atoms. The summed E-state index contributed by atoms with van der Waals surface area (Å²) in [5.41, 5.74) is 1.11. The molecule has 0 radical (unpaired) electrons. The Hall–Kier alpha value is -5.19. The number of hydrogen-bond donors (Lipinski definition) is 2. The van der Waals surface area contributed by atoms with Crippen LogP contribution in [0.1, 0.15) is 11.1 Å². The molecule has 0 unspecified atom stereocenters. The van der Waals surface area contributed by atoms with Gasteiger partial charge in [-0.05, 0) is 35.4 Å². The van der Waals surface area contributed by atoms with Crippen LogP contribution in [0.4, 0.5) is 16.2 Å². The minimum absolute atomic E-state index is 0.0624. The Bertz CT molecular complexity index is 1390. The fraction of sp³-hybridized carbons (Fsp3) is 0.115. The largest absolute Gasteiger partial charge is 0.495 e. The lowest BCUT2D eigenvalue weighted by Gasteiger charge is -2.13. The summed E-state index contributed by atoms with van der Waals surface area (Å²) in [6.07, 6.45) is 1.30. The Morgan fingerprint density at radius 2 is 1.78 bits per heavy atom. The summed E-state index contributed by atoms with van der Waals surface area (Å²) in [5.74, 6) is -0.865. The molecule has 11 nitrogen and oxygen atoms in total. The van der Waals surface area contributed by atoms with E-state index in [1.807, 2.05) is 30.3 Å². The van der Waals surface area contributed by atoms with E-state index in [-0.39, 0.29) is 23.7 Å². The van der Waals surface area contributed by atoms with Crippen LogP contribution in [0, 0.1) is 10.1 Å². The minimum atomic E-state index is -0.788. The number of anilines is 1. The molecule has 0 spiro atoms. The molecular formula is C26H22N4O7. The van der Waals surface area contributed by atoms with Crippen molar-refractivity contribution in [2.24, 2.45) is 0 Å². The van der Waals surface area contributed by atoms with E-state index in [1.54, 1.807) is 24.3 Å². The van der Waals surface area contributed by atoms with Crippen LogP contribution in [0.2, 0.25) is 0 Å². The molecule has 4 amide bonds. The summed E-state index contributed by atoms with van der Waals surface area (Å²) in [6, 6.07) is 19.3. The average Bonchev–Trinajstić information content (AvgIpc) is 3.15. The Labute approximate surface area is 211 Å².